The lowest BCUT2D eigenvalue weighted by Crippen LogP contribution is -2.38. The number of rotatable bonds is 3. The minimum absolute atomic E-state index is 0.0553. The molecule has 0 bridgehead atoms. The van der Waals surface area contributed by atoms with E-state index in [0.29, 0.717) is 19.6 Å². The van der Waals surface area contributed by atoms with Crippen LogP contribution in [0.1, 0.15) is 35.2 Å². The molecule has 2 N–H and O–H groups in total. The molecule has 112 valence electrons. The zero-order chi connectivity index (χ0) is 15.1. The Bertz CT molecular complexity index is 556. The van der Waals surface area contributed by atoms with Crippen LogP contribution in [0.3, 0.4) is 0 Å². The van der Waals surface area contributed by atoms with Gasteiger partial charge >= 0.3 is 0 Å². The summed E-state index contributed by atoms with van der Waals surface area (Å²) in [6.07, 6.45) is 1.85. The number of halogens is 1. The normalized spacial score (nSPS) is 15.1. The maximum Gasteiger partial charge on any atom is 0.251 e. The number of aliphatic hydroxyl groups excluding tert-OH is 1. The van der Waals surface area contributed by atoms with Crippen LogP contribution in [0.25, 0.3) is 0 Å². The number of carbonyl (C=O) groups is 1. The Kier molecular flexibility index (Phi) is 5.73. The van der Waals surface area contributed by atoms with E-state index in [0.717, 1.165) is 12.8 Å². The second-order valence-electron chi connectivity index (χ2n) is 4.83. The van der Waals surface area contributed by atoms with Crippen molar-refractivity contribution in [3.63, 3.8) is 0 Å². The molecule has 1 saturated heterocycles. The van der Waals surface area contributed by atoms with Crippen LogP contribution in [-0.4, -0.2) is 36.9 Å². The molecule has 0 aromatic heterocycles. The van der Waals surface area contributed by atoms with Gasteiger partial charge in [-0.2, -0.15) is 0 Å². The van der Waals surface area contributed by atoms with E-state index in [1.165, 1.54) is 12.1 Å². The van der Waals surface area contributed by atoms with Gasteiger partial charge in [0, 0.05) is 31.2 Å². The molecule has 0 radical (unpaired) electrons. The molecule has 0 unspecified atom stereocenters. The second kappa shape index (κ2) is 7.77. The number of hydrogen-bond donors (Lipinski definition) is 2. The van der Waals surface area contributed by atoms with Crippen molar-refractivity contribution in [3.05, 3.63) is 35.1 Å². The highest BCUT2D eigenvalue weighted by atomic mass is 19.1. The molecule has 0 spiro atoms. The Hall–Kier alpha value is -1.90. The lowest BCUT2D eigenvalue weighted by atomic mass is 10.1. The fourth-order valence-electron chi connectivity index (χ4n) is 2.08. The zero-order valence-electron chi connectivity index (χ0n) is 11.7. The smallest absolute Gasteiger partial charge is 0.251 e. The summed E-state index contributed by atoms with van der Waals surface area (Å²) in [6, 6.07) is 4.31. The van der Waals surface area contributed by atoms with Crippen molar-refractivity contribution in [3.8, 4) is 11.8 Å². The molecule has 1 fully saturated rings. The first-order valence-corrected chi connectivity index (χ1v) is 6.98. The van der Waals surface area contributed by atoms with Crippen molar-refractivity contribution in [1.29, 1.82) is 0 Å². The summed E-state index contributed by atoms with van der Waals surface area (Å²) >= 11 is 0. The molecule has 5 heteroatoms. The van der Waals surface area contributed by atoms with Crippen LogP contribution < -0.4 is 5.32 Å². The molecule has 0 saturated carbocycles. The van der Waals surface area contributed by atoms with E-state index in [1.54, 1.807) is 6.07 Å². The summed E-state index contributed by atoms with van der Waals surface area (Å²) in [5.74, 6) is 4.47. The highest BCUT2D eigenvalue weighted by Crippen LogP contribution is 2.12. The lowest BCUT2D eigenvalue weighted by Gasteiger charge is -2.23. The molecule has 1 aliphatic rings. The monoisotopic (exact) mass is 291 g/mol. The predicted molar refractivity (Wildman–Crippen MR) is 76.3 cm³/mol. The van der Waals surface area contributed by atoms with Gasteiger partial charge in [0.1, 0.15) is 5.82 Å². The van der Waals surface area contributed by atoms with E-state index in [2.05, 4.69) is 17.2 Å². The minimum Gasteiger partial charge on any atom is -0.395 e. The standard InChI is InChI=1S/C16H18FNO3/c17-15-11-13(5-4-12(15)3-1-2-8-19)16(20)18-14-6-9-21-10-7-14/h4-5,11,14,19H,2,6-10H2,(H,18,20). The van der Waals surface area contributed by atoms with Crippen molar-refractivity contribution < 1.29 is 19.0 Å². The molecule has 1 aromatic carbocycles. The van der Waals surface area contributed by atoms with Crippen LogP contribution in [0.2, 0.25) is 0 Å². The summed E-state index contributed by atoms with van der Waals surface area (Å²) < 4.78 is 19.1. The lowest BCUT2D eigenvalue weighted by molar-refractivity contribution is 0.0696. The van der Waals surface area contributed by atoms with Crippen molar-refractivity contribution in [2.24, 2.45) is 0 Å². The molecule has 4 nitrogen and oxygen atoms in total. The average molecular weight is 291 g/mol. The van der Waals surface area contributed by atoms with Crippen molar-refractivity contribution >= 4 is 5.91 Å². The molecular formula is C16H18FNO3. The number of nitrogens with one attached hydrogen (secondary N) is 1. The number of aliphatic hydroxyl groups is 1. The fourth-order valence-corrected chi connectivity index (χ4v) is 2.08. The van der Waals surface area contributed by atoms with E-state index >= 15 is 0 Å². The van der Waals surface area contributed by atoms with E-state index in [9.17, 15) is 9.18 Å². The number of amides is 1. The van der Waals surface area contributed by atoms with Gasteiger partial charge in [0.05, 0.1) is 12.2 Å². The van der Waals surface area contributed by atoms with E-state index in [-0.39, 0.29) is 29.7 Å². The highest BCUT2D eigenvalue weighted by molar-refractivity contribution is 5.94. The summed E-state index contributed by atoms with van der Waals surface area (Å²) in [7, 11) is 0. The molecule has 1 heterocycles. The third kappa shape index (κ3) is 4.55. The van der Waals surface area contributed by atoms with Gasteiger partial charge in [0.2, 0.25) is 0 Å². The Morgan fingerprint density at radius 3 is 2.86 bits per heavy atom. The topological polar surface area (TPSA) is 58.6 Å². The van der Waals surface area contributed by atoms with Crippen molar-refractivity contribution in [1.82, 2.24) is 5.32 Å². The van der Waals surface area contributed by atoms with Crippen molar-refractivity contribution in [2.45, 2.75) is 25.3 Å². The zero-order valence-corrected chi connectivity index (χ0v) is 11.7. The quantitative estimate of drug-likeness (QED) is 0.829. The third-order valence-corrected chi connectivity index (χ3v) is 3.25. The van der Waals surface area contributed by atoms with E-state index in [4.69, 9.17) is 9.84 Å². The number of benzene rings is 1. The SMILES string of the molecule is O=C(NC1CCOCC1)c1ccc(C#CCCO)c(F)c1. The van der Waals surface area contributed by atoms with Gasteiger partial charge in [-0.05, 0) is 31.0 Å². The summed E-state index contributed by atoms with van der Waals surface area (Å²) in [5.41, 5.74) is 0.512. The Balaban J connectivity index is 2.01. The van der Waals surface area contributed by atoms with Gasteiger partial charge in [-0.1, -0.05) is 11.8 Å². The molecule has 21 heavy (non-hydrogen) atoms. The van der Waals surface area contributed by atoms with Gasteiger partial charge in [-0.3, -0.25) is 4.79 Å². The predicted octanol–water partition coefficient (Wildman–Crippen LogP) is 1.47. The largest absolute Gasteiger partial charge is 0.395 e. The van der Waals surface area contributed by atoms with Crippen LogP contribution in [0.4, 0.5) is 4.39 Å². The maximum atomic E-state index is 13.9. The van der Waals surface area contributed by atoms with Crippen LogP contribution in [-0.2, 0) is 4.74 Å². The van der Waals surface area contributed by atoms with Crippen LogP contribution >= 0.6 is 0 Å². The minimum atomic E-state index is -0.528. The second-order valence-corrected chi connectivity index (χ2v) is 4.83. The van der Waals surface area contributed by atoms with Crippen LogP contribution in [0, 0.1) is 17.7 Å². The molecule has 1 aliphatic heterocycles. The van der Waals surface area contributed by atoms with Gasteiger partial charge < -0.3 is 15.2 Å². The van der Waals surface area contributed by atoms with Gasteiger partial charge in [0.15, 0.2) is 0 Å². The summed E-state index contributed by atoms with van der Waals surface area (Å²) in [4.78, 5) is 12.0. The Morgan fingerprint density at radius 2 is 2.19 bits per heavy atom. The summed E-state index contributed by atoms with van der Waals surface area (Å²) in [6.45, 7) is 1.22. The Labute approximate surface area is 123 Å². The molecular weight excluding hydrogens is 273 g/mol. The first-order valence-electron chi connectivity index (χ1n) is 6.98. The first kappa shape index (κ1) is 15.5. The fraction of sp³-hybridized carbons (Fsp3) is 0.438. The van der Waals surface area contributed by atoms with Crippen LogP contribution in [0.5, 0.6) is 0 Å². The summed E-state index contributed by atoms with van der Waals surface area (Å²) in [5, 5.41) is 11.5. The van der Waals surface area contributed by atoms with Gasteiger partial charge in [-0.15, -0.1) is 0 Å². The molecule has 0 atom stereocenters. The van der Waals surface area contributed by atoms with E-state index < -0.39 is 5.82 Å². The van der Waals surface area contributed by atoms with Gasteiger partial charge in [-0.25, -0.2) is 4.39 Å². The highest BCUT2D eigenvalue weighted by Gasteiger charge is 2.17. The van der Waals surface area contributed by atoms with Crippen molar-refractivity contribution in [2.75, 3.05) is 19.8 Å². The molecule has 1 aromatic rings. The average Bonchev–Trinajstić information content (AvgIpc) is 2.50. The first-order chi connectivity index (χ1) is 10.2. The molecule has 2 rings (SSSR count). The van der Waals surface area contributed by atoms with Gasteiger partial charge in [0.25, 0.3) is 5.91 Å². The number of hydrogen-bond acceptors (Lipinski definition) is 3. The molecule has 0 aliphatic carbocycles. The third-order valence-electron chi connectivity index (χ3n) is 3.25. The number of carbonyl (C=O) groups excluding carboxylic acids is 1. The molecule has 1 amide bonds. The van der Waals surface area contributed by atoms with Crippen LogP contribution in [0.15, 0.2) is 18.2 Å². The van der Waals surface area contributed by atoms with E-state index in [1.807, 2.05) is 0 Å². The maximum absolute atomic E-state index is 13.9. The Morgan fingerprint density at radius 1 is 1.43 bits per heavy atom. The number of ether oxygens (including phenoxy) is 1.